The zero-order valence-corrected chi connectivity index (χ0v) is 13.6. The van der Waals surface area contributed by atoms with Crippen molar-refractivity contribution in [3.05, 3.63) is 18.2 Å². The van der Waals surface area contributed by atoms with Crippen molar-refractivity contribution in [1.29, 1.82) is 0 Å². The van der Waals surface area contributed by atoms with Gasteiger partial charge in [0.25, 0.3) is 0 Å². The smallest absolute Gasteiger partial charge is 0.225 e. The largest absolute Gasteiger partial charge is 0.486 e. The van der Waals surface area contributed by atoms with E-state index < -0.39 is 0 Å². The molecule has 0 radical (unpaired) electrons. The molecule has 1 aromatic rings. The van der Waals surface area contributed by atoms with Gasteiger partial charge in [0, 0.05) is 24.7 Å². The second-order valence-corrected chi connectivity index (χ2v) is 5.50. The summed E-state index contributed by atoms with van der Waals surface area (Å²) < 4.78 is 11.0. The van der Waals surface area contributed by atoms with Gasteiger partial charge in [-0.2, -0.15) is 0 Å². The average Bonchev–Trinajstić information content (AvgIpc) is 2.53. The molecular formula is C17H26N2O3. The van der Waals surface area contributed by atoms with Crippen LogP contribution in [0.5, 0.6) is 11.5 Å². The molecule has 1 heterocycles. The van der Waals surface area contributed by atoms with Gasteiger partial charge in [0.15, 0.2) is 11.5 Å². The predicted molar refractivity (Wildman–Crippen MR) is 87.7 cm³/mol. The van der Waals surface area contributed by atoms with Gasteiger partial charge in [-0.25, -0.2) is 0 Å². The Morgan fingerprint density at radius 2 is 1.77 bits per heavy atom. The molecule has 5 heteroatoms. The summed E-state index contributed by atoms with van der Waals surface area (Å²) in [4.78, 5) is 14.4. The Kier molecular flexibility index (Phi) is 6.52. The molecule has 5 nitrogen and oxygen atoms in total. The highest BCUT2D eigenvalue weighted by Crippen LogP contribution is 2.32. The van der Waals surface area contributed by atoms with E-state index in [0.29, 0.717) is 25.4 Å². The molecule has 0 unspecified atom stereocenters. The number of nitrogens with one attached hydrogen (secondary N) is 1. The van der Waals surface area contributed by atoms with Gasteiger partial charge in [0.2, 0.25) is 5.91 Å². The minimum Gasteiger partial charge on any atom is -0.486 e. The molecule has 0 aromatic heterocycles. The standard InChI is InChI=1S/C17H26N2O3/c1-3-8-19(9-4-2)10-7-17(20)18-14-5-6-15-16(13-14)22-12-11-21-15/h5-6,13H,3-4,7-12H2,1-2H3,(H,18,20). The van der Waals surface area contributed by atoms with Gasteiger partial charge in [0.05, 0.1) is 0 Å². The lowest BCUT2D eigenvalue weighted by molar-refractivity contribution is -0.116. The molecule has 1 amide bonds. The summed E-state index contributed by atoms with van der Waals surface area (Å²) in [5, 5.41) is 2.93. The van der Waals surface area contributed by atoms with E-state index in [1.54, 1.807) is 0 Å². The minimum atomic E-state index is 0.0360. The molecule has 0 atom stereocenters. The number of anilines is 1. The number of rotatable bonds is 8. The van der Waals surface area contributed by atoms with E-state index in [-0.39, 0.29) is 5.91 Å². The number of hydrogen-bond donors (Lipinski definition) is 1. The summed E-state index contributed by atoms with van der Waals surface area (Å²) in [5.41, 5.74) is 0.756. The van der Waals surface area contributed by atoms with Gasteiger partial charge in [0.1, 0.15) is 13.2 Å². The third-order valence-electron chi connectivity index (χ3n) is 3.56. The number of fused-ring (bicyclic) bond motifs is 1. The number of hydrogen-bond acceptors (Lipinski definition) is 4. The molecule has 1 aromatic carbocycles. The van der Waals surface area contributed by atoms with Gasteiger partial charge < -0.3 is 19.7 Å². The lowest BCUT2D eigenvalue weighted by Gasteiger charge is -2.21. The van der Waals surface area contributed by atoms with Crippen LogP contribution in [0.15, 0.2) is 18.2 Å². The number of benzene rings is 1. The van der Waals surface area contributed by atoms with Crippen LogP contribution in [0.2, 0.25) is 0 Å². The van der Waals surface area contributed by atoms with Crippen LogP contribution in [0.1, 0.15) is 33.1 Å². The molecule has 122 valence electrons. The molecule has 2 rings (SSSR count). The van der Waals surface area contributed by atoms with Crippen molar-refractivity contribution in [2.45, 2.75) is 33.1 Å². The second-order valence-electron chi connectivity index (χ2n) is 5.50. The highest BCUT2D eigenvalue weighted by Gasteiger charge is 2.13. The Bertz CT molecular complexity index is 485. The fraction of sp³-hybridized carbons (Fsp3) is 0.588. The van der Waals surface area contributed by atoms with Crippen LogP contribution < -0.4 is 14.8 Å². The van der Waals surface area contributed by atoms with Crippen molar-refractivity contribution < 1.29 is 14.3 Å². The van der Waals surface area contributed by atoms with E-state index in [2.05, 4.69) is 24.1 Å². The third-order valence-corrected chi connectivity index (χ3v) is 3.56. The van der Waals surface area contributed by atoms with Crippen LogP contribution >= 0.6 is 0 Å². The Labute approximate surface area is 132 Å². The van der Waals surface area contributed by atoms with Gasteiger partial charge in [-0.3, -0.25) is 4.79 Å². The molecule has 0 saturated heterocycles. The maximum absolute atomic E-state index is 12.1. The van der Waals surface area contributed by atoms with Crippen molar-refractivity contribution in [2.75, 3.05) is 38.2 Å². The van der Waals surface area contributed by atoms with Crippen molar-refractivity contribution in [1.82, 2.24) is 4.90 Å². The van der Waals surface area contributed by atoms with E-state index in [1.165, 1.54) is 0 Å². The molecular weight excluding hydrogens is 280 g/mol. The molecule has 0 fully saturated rings. The van der Waals surface area contributed by atoms with E-state index in [4.69, 9.17) is 9.47 Å². The summed E-state index contributed by atoms with van der Waals surface area (Å²) >= 11 is 0. The van der Waals surface area contributed by atoms with Crippen molar-refractivity contribution in [3.63, 3.8) is 0 Å². The van der Waals surface area contributed by atoms with Crippen LogP contribution in [-0.4, -0.2) is 43.7 Å². The van der Waals surface area contributed by atoms with E-state index >= 15 is 0 Å². The van der Waals surface area contributed by atoms with Crippen LogP contribution in [0.4, 0.5) is 5.69 Å². The lowest BCUT2D eigenvalue weighted by Crippen LogP contribution is -2.29. The fourth-order valence-electron chi connectivity index (χ4n) is 2.57. The average molecular weight is 306 g/mol. The van der Waals surface area contributed by atoms with Crippen LogP contribution in [-0.2, 0) is 4.79 Å². The quantitative estimate of drug-likeness (QED) is 0.802. The maximum Gasteiger partial charge on any atom is 0.225 e. The SMILES string of the molecule is CCCN(CCC)CCC(=O)Nc1ccc2c(c1)OCCO2. The van der Waals surface area contributed by atoms with E-state index in [0.717, 1.165) is 43.9 Å². The highest BCUT2D eigenvalue weighted by atomic mass is 16.6. The lowest BCUT2D eigenvalue weighted by atomic mass is 10.2. The second kappa shape index (κ2) is 8.63. The molecule has 22 heavy (non-hydrogen) atoms. The zero-order chi connectivity index (χ0) is 15.8. The Hall–Kier alpha value is -1.75. The van der Waals surface area contributed by atoms with Gasteiger partial charge in [-0.1, -0.05) is 13.8 Å². The monoisotopic (exact) mass is 306 g/mol. The maximum atomic E-state index is 12.1. The first kappa shape index (κ1) is 16.6. The predicted octanol–water partition coefficient (Wildman–Crippen LogP) is 2.91. The number of nitrogens with zero attached hydrogens (tertiary/aromatic N) is 1. The molecule has 1 aliphatic heterocycles. The molecule has 0 bridgehead atoms. The topological polar surface area (TPSA) is 50.8 Å². The summed E-state index contributed by atoms with van der Waals surface area (Å²) in [5.74, 6) is 1.47. The summed E-state index contributed by atoms with van der Waals surface area (Å²) in [6, 6.07) is 5.51. The fourth-order valence-corrected chi connectivity index (χ4v) is 2.57. The molecule has 0 saturated carbocycles. The molecule has 0 aliphatic carbocycles. The zero-order valence-electron chi connectivity index (χ0n) is 13.6. The van der Waals surface area contributed by atoms with Crippen LogP contribution in [0, 0.1) is 0 Å². The molecule has 0 spiro atoms. The van der Waals surface area contributed by atoms with Crippen molar-refractivity contribution in [3.8, 4) is 11.5 Å². The van der Waals surface area contributed by atoms with Crippen molar-refractivity contribution >= 4 is 11.6 Å². The number of amides is 1. The molecule has 1 N–H and O–H groups in total. The first-order chi connectivity index (χ1) is 10.7. The third kappa shape index (κ3) is 4.91. The Balaban J connectivity index is 1.83. The highest BCUT2D eigenvalue weighted by molar-refractivity contribution is 5.91. The molecule has 1 aliphatic rings. The number of carbonyl (C=O) groups is 1. The van der Waals surface area contributed by atoms with Gasteiger partial charge in [-0.05, 0) is 38.1 Å². The van der Waals surface area contributed by atoms with E-state index in [9.17, 15) is 4.79 Å². The normalized spacial score (nSPS) is 13.2. The Morgan fingerprint density at radius 3 is 2.45 bits per heavy atom. The number of ether oxygens (including phenoxy) is 2. The first-order valence-corrected chi connectivity index (χ1v) is 8.14. The summed E-state index contributed by atoms with van der Waals surface area (Å²) in [6.45, 7) is 8.35. The Morgan fingerprint density at radius 1 is 1.09 bits per heavy atom. The summed E-state index contributed by atoms with van der Waals surface area (Å²) in [7, 11) is 0. The first-order valence-electron chi connectivity index (χ1n) is 8.14. The van der Waals surface area contributed by atoms with E-state index in [1.807, 2.05) is 18.2 Å². The van der Waals surface area contributed by atoms with Gasteiger partial charge >= 0.3 is 0 Å². The van der Waals surface area contributed by atoms with Gasteiger partial charge in [-0.15, -0.1) is 0 Å². The van der Waals surface area contributed by atoms with Crippen LogP contribution in [0.3, 0.4) is 0 Å². The number of carbonyl (C=O) groups excluding carboxylic acids is 1. The minimum absolute atomic E-state index is 0.0360. The van der Waals surface area contributed by atoms with Crippen molar-refractivity contribution in [2.24, 2.45) is 0 Å². The van der Waals surface area contributed by atoms with Crippen LogP contribution in [0.25, 0.3) is 0 Å². The summed E-state index contributed by atoms with van der Waals surface area (Å²) in [6.07, 6.45) is 2.74.